The molecule has 0 amide bonds. The van der Waals surface area contributed by atoms with Crippen LogP contribution in [0.1, 0.15) is 31.9 Å². The lowest BCUT2D eigenvalue weighted by molar-refractivity contribution is 0.214. The molecule has 0 saturated carbocycles. The number of hydrogen-bond donors (Lipinski definition) is 1. The molecule has 1 nitrogen and oxygen atoms in total. The smallest absolute Gasteiger partial charge is 0.134 e. The fourth-order valence-electron chi connectivity index (χ4n) is 1.36. The van der Waals surface area contributed by atoms with Gasteiger partial charge in [0.1, 0.15) is 11.4 Å². The fourth-order valence-corrected chi connectivity index (χ4v) is 1.36. The molecule has 0 aliphatic carbocycles. The largest absolute Gasteiger partial charge is 0.507 e. The van der Waals surface area contributed by atoms with Crippen LogP contribution in [0.5, 0.6) is 5.75 Å². The Kier molecular flexibility index (Phi) is 2.60. The van der Waals surface area contributed by atoms with Gasteiger partial charge in [0.15, 0.2) is 0 Å². The minimum atomic E-state index is -1.48. The number of halogens is 1. The van der Waals surface area contributed by atoms with E-state index >= 15 is 0 Å². The van der Waals surface area contributed by atoms with Crippen LogP contribution >= 0.6 is 0 Å². The summed E-state index contributed by atoms with van der Waals surface area (Å²) in [6.45, 7) is 4.83. The number of phenols is 1. The van der Waals surface area contributed by atoms with E-state index in [-0.39, 0.29) is 5.75 Å². The Hall–Kier alpha value is -1.05. The summed E-state index contributed by atoms with van der Waals surface area (Å²) in [6.07, 6.45) is 0.718. The number of benzene rings is 1. The number of para-hydroxylation sites is 1. The van der Waals surface area contributed by atoms with Crippen LogP contribution < -0.4 is 0 Å². The maximum atomic E-state index is 13.5. The number of aromatic hydroxyl groups is 1. The lowest BCUT2D eigenvalue weighted by atomic mass is 9.96. The van der Waals surface area contributed by atoms with Gasteiger partial charge in [-0.3, -0.25) is 0 Å². The number of aryl methyl sites for hydroxylation is 1. The van der Waals surface area contributed by atoms with Crippen molar-refractivity contribution in [1.82, 2.24) is 0 Å². The second-order valence-electron chi connectivity index (χ2n) is 3.64. The Morgan fingerprint density at radius 3 is 2.46 bits per heavy atom. The molecular weight excluding hydrogens is 167 g/mol. The van der Waals surface area contributed by atoms with Crippen molar-refractivity contribution in [2.24, 2.45) is 0 Å². The van der Waals surface area contributed by atoms with Crippen molar-refractivity contribution in [3.05, 3.63) is 29.3 Å². The van der Waals surface area contributed by atoms with E-state index in [0.29, 0.717) is 5.56 Å². The van der Waals surface area contributed by atoms with E-state index in [9.17, 15) is 9.50 Å². The summed E-state index contributed by atoms with van der Waals surface area (Å²) in [6, 6.07) is 5.20. The third-order valence-electron chi connectivity index (χ3n) is 2.14. The van der Waals surface area contributed by atoms with Crippen LogP contribution in [-0.4, -0.2) is 5.11 Å². The van der Waals surface area contributed by atoms with Crippen LogP contribution in [0.2, 0.25) is 0 Å². The van der Waals surface area contributed by atoms with Gasteiger partial charge < -0.3 is 5.11 Å². The summed E-state index contributed by atoms with van der Waals surface area (Å²) in [5.41, 5.74) is -0.315. The van der Waals surface area contributed by atoms with Gasteiger partial charge in [-0.15, -0.1) is 0 Å². The van der Waals surface area contributed by atoms with Crippen molar-refractivity contribution >= 4 is 0 Å². The van der Waals surface area contributed by atoms with Gasteiger partial charge >= 0.3 is 0 Å². The van der Waals surface area contributed by atoms with Gasteiger partial charge in [-0.1, -0.05) is 25.1 Å². The number of alkyl halides is 1. The molecule has 13 heavy (non-hydrogen) atoms. The van der Waals surface area contributed by atoms with Gasteiger partial charge in [0, 0.05) is 5.56 Å². The Bertz CT molecular complexity index is 299. The first-order chi connectivity index (χ1) is 5.96. The molecule has 0 aliphatic rings. The molecule has 72 valence electrons. The maximum Gasteiger partial charge on any atom is 0.134 e. The molecule has 0 spiro atoms. The average Bonchev–Trinajstić information content (AvgIpc) is 2.02. The van der Waals surface area contributed by atoms with Crippen molar-refractivity contribution in [3.63, 3.8) is 0 Å². The maximum absolute atomic E-state index is 13.5. The third-order valence-corrected chi connectivity index (χ3v) is 2.14. The van der Waals surface area contributed by atoms with Crippen LogP contribution in [0.25, 0.3) is 0 Å². The Morgan fingerprint density at radius 1 is 1.38 bits per heavy atom. The summed E-state index contributed by atoms with van der Waals surface area (Å²) in [4.78, 5) is 0. The van der Waals surface area contributed by atoms with E-state index in [1.807, 2.05) is 13.0 Å². The van der Waals surface area contributed by atoms with Crippen molar-refractivity contribution in [3.8, 4) is 5.75 Å². The van der Waals surface area contributed by atoms with E-state index in [2.05, 4.69) is 0 Å². The molecular formula is C11H15FO. The molecule has 1 aromatic carbocycles. The highest BCUT2D eigenvalue weighted by Crippen LogP contribution is 2.34. The lowest BCUT2D eigenvalue weighted by Crippen LogP contribution is -2.09. The van der Waals surface area contributed by atoms with E-state index in [0.717, 1.165) is 12.0 Å². The molecule has 0 radical (unpaired) electrons. The first-order valence-corrected chi connectivity index (χ1v) is 4.47. The first kappa shape index (κ1) is 10.0. The summed E-state index contributed by atoms with van der Waals surface area (Å²) in [7, 11) is 0. The third kappa shape index (κ3) is 2.00. The minimum Gasteiger partial charge on any atom is -0.507 e. The van der Waals surface area contributed by atoms with Gasteiger partial charge in [-0.2, -0.15) is 0 Å². The van der Waals surface area contributed by atoms with Crippen LogP contribution in [0.3, 0.4) is 0 Å². The highest BCUT2D eigenvalue weighted by molar-refractivity contribution is 5.43. The topological polar surface area (TPSA) is 20.2 Å². The summed E-state index contributed by atoms with van der Waals surface area (Å²) < 4.78 is 13.5. The van der Waals surface area contributed by atoms with E-state index < -0.39 is 5.67 Å². The van der Waals surface area contributed by atoms with Gasteiger partial charge in [0.2, 0.25) is 0 Å². The van der Waals surface area contributed by atoms with Gasteiger partial charge in [-0.05, 0) is 25.8 Å². The van der Waals surface area contributed by atoms with E-state index in [1.54, 1.807) is 12.1 Å². The minimum absolute atomic E-state index is 0.0949. The Morgan fingerprint density at radius 2 is 2.00 bits per heavy atom. The SMILES string of the molecule is CCc1cccc(C(C)(C)F)c1O. The van der Waals surface area contributed by atoms with Gasteiger partial charge in [0.25, 0.3) is 0 Å². The van der Waals surface area contributed by atoms with Gasteiger partial charge in [0.05, 0.1) is 0 Å². The fraction of sp³-hybridized carbons (Fsp3) is 0.455. The first-order valence-electron chi connectivity index (χ1n) is 4.47. The zero-order valence-electron chi connectivity index (χ0n) is 8.26. The number of hydrogen-bond acceptors (Lipinski definition) is 1. The summed E-state index contributed by atoms with van der Waals surface area (Å²) >= 11 is 0. The summed E-state index contributed by atoms with van der Waals surface area (Å²) in [5.74, 6) is 0.0949. The van der Waals surface area contributed by atoms with Crippen molar-refractivity contribution in [1.29, 1.82) is 0 Å². The number of rotatable bonds is 2. The predicted octanol–water partition coefficient (Wildman–Crippen LogP) is 3.16. The second-order valence-corrected chi connectivity index (χ2v) is 3.64. The predicted molar refractivity (Wildman–Crippen MR) is 51.6 cm³/mol. The quantitative estimate of drug-likeness (QED) is 0.744. The van der Waals surface area contributed by atoms with E-state index in [4.69, 9.17) is 0 Å². The molecule has 0 atom stereocenters. The molecule has 0 heterocycles. The molecule has 0 aromatic heterocycles. The van der Waals surface area contributed by atoms with Gasteiger partial charge in [-0.25, -0.2) is 4.39 Å². The lowest BCUT2D eigenvalue weighted by Gasteiger charge is -2.17. The molecule has 0 aliphatic heterocycles. The monoisotopic (exact) mass is 182 g/mol. The van der Waals surface area contributed by atoms with Crippen LogP contribution in [0, 0.1) is 0 Å². The van der Waals surface area contributed by atoms with Crippen LogP contribution in [-0.2, 0) is 12.1 Å². The zero-order valence-corrected chi connectivity index (χ0v) is 8.26. The van der Waals surface area contributed by atoms with Crippen LogP contribution in [0.15, 0.2) is 18.2 Å². The average molecular weight is 182 g/mol. The molecule has 1 aromatic rings. The Labute approximate surface area is 78.2 Å². The Balaban J connectivity index is 3.24. The highest BCUT2D eigenvalue weighted by atomic mass is 19.1. The molecule has 2 heteroatoms. The summed E-state index contributed by atoms with van der Waals surface area (Å²) in [5, 5.41) is 9.68. The molecule has 1 N–H and O–H groups in total. The molecule has 0 saturated heterocycles. The van der Waals surface area contributed by atoms with Crippen LogP contribution in [0.4, 0.5) is 4.39 Å². The second kappa shape index (κ2) is 3.36. The number of phenolic OH excluding ortho intramolecular Hbond substituents is 1. The van der Waals surface area contributed by atoms with Crippen molar-refractivity contribution < 1.29 is 9.50 Å². The van der Waals surface area contributed by atoms with Crippen molar-refractivity contribution in [2.75, 3.05) is 0 Å². The van der Waals surface area contributed by atoms with Crippen molar-refractivity contribution in [2.45, 2.75) is 32.9 Å². The molecule has 0 unspecified atom stereocenters. The molecule has 0 fully saturated rings. The zero-order chi connectivity index (χ0) is 10.1. The molecule has 0 bridgehead atoms. The standard InChI is InChI=1S/C11H15FO/c1-4-8-6-5-7-9(10(8)13)11(2,3)12/h5-7,13H,4H2,1-3H3. The van der Waals surface area contributed by atoms with E-state index in [1.165, 1.54) is 13.8 Å². The molecule has 1 rings (SSSR count). The highest BCUT2D eigenvalue weighted by Gasteiger charge is 2.23. The normalized spacial score (nSPS) is 11.7.